The van der Waals surface area contributed by atoms with Crippen LogP contribution in [0.15, 0.2) is 12.1 Å². The molecular weight excluding hydrogens is 244 g/mol. The van der Waals surface area contributed by atoms with Crippen molar-refractivity contribution in [3.63, 3.8) is 0 Å². The molecule has 1 saturated heterocycles. The van der Waals surface area contributed by atoms with Gasteiger partial charge in [-0.25, -0.2) is 4.79 Å². The van der Waals surface area contributed by atoms with Gasteiger partial charge in [-0.05, 0) is 39.3 Å². The molecule has 0 saturated carbocycles. The highest BCUT2D eigenvalue weighted by Crippen LogP contribution is 2.26. The van der Waals surface area contributed by atoms with E-state index in [1.165, 1.54) is 0 Å². The summed E-state index contributed by atoms with van der Waals surface area (Å²) >= 11 is 0. The minimum atomic E-state index is -0.462. The fourth-order valence-corrected chi connectivity index (χ4v) is 2.06. The SMILES string of the molecule is CC(C)(C)OC(=O)N1CCC(c2ccc(N)nn2)C1. The van der Waals surface area contributed by atoms with Crippen molar-refractivity contribution in [3.05, 3.63) is 17.8 Å². The molecule has 1 atom stereocenters. The van der Waals surface area contributed by atoms with Gasteiger partial charge in [0.25, 0.3) is 0 Å². The topological polar surface area (TPSA) is 81.3 Å². The van der Waals surface area contributed by atoms with Crippen molar-refractivity contribution >= 4 is 11.9 Å². The molecule has 0 radical (unpaired) electrons. The van der Waals surface area contributed by atoms with Crippen molar-refractivity contribution in [3.8, 4) is 0 Å². The standard InChI is InChI=1S/C13H20N4O2/c1-13(2,3)19-12(18)17-7-6-9(8-17)10-4-5-11(14)16-15-10/h4-5,9H,6-8H2,1-3H3,(H2,14,16). The van der Waals surface area contributed by atoms with Gasteiger partial charge in [0, 0.05) is 19.0 Å². The molecule has 6 nitrogen and oxygen atoms in total. The highest BCUT2D eigenvalue weighted by atomic mass is 16.6. The van der Waals surface area contributed by atoms with Crippen LogP contribution < -0.4 is 5.73 Å². The van der Waals surface area contributed by atoms with Crippen molar-refractivity contribution in [1.82, 2.24) is 15.1 Å². The largest absolute Gasteiger partial charge is 0.444 e. The molecule has 1 fully saturated rings. The monoisotopic (exact) mass is 264 g/mol. The van der Waals surface area contributed by atoms with Crippen molar-refractivity contribution in [1.29, 1.82) is 0 Å². The molecule has 6 heteroatoms. The number of hydrogen-bond donors (Lipinski definition) is 1. The highest BCUT2D eigenvalue weighted by Gasteiger charge is 2.31. The summed E-state index contributed by atoms with van der Waals surface area (Å²) in [4.78, 5) is 13.7. The van der Waals surface area contributed by atoms with Crippen LogP contribution in [0.1, 0.15) is 38.8 Å². The number of ether oxygens (including phenoxy) is 1. The summed E-state index contributed by atoms with van der Waals surface area (Å²) in [7, 11) is 0. The second kappa shape index (κ2) is 5.03. The molecular formula is C13H20N4O2. The Kier molecular flexibility index (Phi) is 3.59. The molecule has 1 aliphatic rings. The summed E-state index contributed by atoms with van der Waals surface area (Å²) in [5.74, 6) is 0.617. The lowest BCUT2D eigenvalue weighted by Crippen LogP contribution is -2.35. The van der Waals surface area contributed by atoms with E-state index < -0.39 is 5.60 Å². The molecule has 2 rings (SSSR count). The lowest BCUT2D eigenvalue weighted by Gasteiger charge is -2.24. The molecule has 104 valence electrons. The molecule has 1 amide bonds. The zero-order valence-corrected chi connectivity index (χ0v) is 11.6. The van der Waals surface area contributed by atoms with Crippen LogP contribution in [-0.4, -0.2) is 39.9 Å². The number of hydrogen-bond acceptors (Lipinski definition) is 5. The van der Waals surface area contributed by atoms with E-state index in [0.717, 1.165) is 12.1 Å². The lowest BCUT2D eigenvalue weighted by atomic mass is 10.1. The molecule has 2 heterocycles. The normalized spacial score (nSPS) is 19.5. The molecule has 1 aliphatic heterocycles. The molecule has 0 bridgehead atoms. The molecule has 1 aromatic heterocycles. The summed E-state index contributed by atoms with van der Waals surface area (Å²) in [5, 5.41) is 7.92. The minimum absolute atomic E-state index is 0.209. The Morgan fingerprint density at radius 1 is 1.42 bits per heavy atom. The quantitative estimate of drug-likeness (QED) is 0.836. The number of nitrogen functional groups attached to an aromatic ring is 1. The third-order valence-corrected chi connectivity index (χ3v) is 2.96. The van der Waals surface area contributed by atoms with Crippen molar-refractivity contribution < 1.29 is 9.53 Å². The van der Waals surface area contributed by atoms with Gasteiger partial charge < -0.3 is 15.4 Å². The van der Waals surface area contributed by atoms with Crippen LogP contribution in [0, 0.1) is 0 Å². The lowest BCUT2D eigenvalue weighted by molar-refractivity contribution is 0.0292. The average Bonchev–Trinajstić information content (AvgIpc) is 2.77. The first kappa shape index (κ1) is 13.6. The number of carbonyl (C=O) groups is 1. The van der Waals surface area contributed by atoms with Crippen LogP contribution in [0.5, 0.6) is 0 Å². The van der Waals surface area contributed by atoms with E-state index in [1.54, 1.807) is 11.0 Å². The van der Waals surface area contributed by atoms with E-state index in [0.29, 0.717) is 18.9 Å². The Morgan fingerprint density at radius 3 is 2.74 bits per heavy atom. The Morgan fingerprint density at radius 2 is 2.16 bits per heavy atom. The van der Waals surface area contributed by atoms with Gasteiger partial charge in [-0.1, -0.05) is 0 Å². The van der Waals surface area contributed by atoms with Gasteiger partial charge in [0.15, 0.2) is 0 Å². The van der Waals surface area contributed by atoms with Gasteiger partial charge in [-0.2, -0.15) is 5.10 Å². The summed E-state index contributed by atoms with van der Waals surface area (Å²) in [6.45, 7) is 6.90. The van der Waals surface area contributed by atoms with Crippen molar-refractivity contribution in [2.24, 2.45) is 0 Å². The number of nitrogens with zero attached hydrogens (tertiary/aromatic N) is 3. The van der Waals surface area contributed by atoms with Crippen LogP contribution in [0.4, 0.5) is 10.6 Å². The van der Waals surface area contributed by atoms with Crippen LogP contribution in [-0.2, 0) is 4.74 Å². The van der Waals surface area contributed by atoms with Crippen molar-refractivity contribution in [2.75, 3.05) is 18.8 Å². The van der Waals surface area contributed by atoms with E-state index in [-0.39, 0.29) is 12.0 Å². The van der Waals surface area contributed by atoms with Gasteiger partial charge >= 0.3 is 6.09 Å². The summed E-state index contributed by atoms with van der Waals surface area (Å²) in [6.07, 6.45) is 0.607. The molecule has 2 N–H and O–H groups in total. The molecule has 0 spiro atoms. The first-order valence-corrected chi connectivity index (χ1v) is 6.42. The first-order valence-electron chi connectivity index (χ1n) is 6.42. The number of amides is 1. The van der Waals surface area contributed by atoms with Gasteiger partial charge in [-0.15, -0.1) is 5.10 Å². The number of carbonyl (C=O) groups excluding carboxylic acids is 1. The van der Waals surface area contributed by atoms with Crippen LogP contribution in [0.2, 0.25) is 0 Å². The molecule has 1 unspecified atom stereocenters. The minimum Gasteiger partial charge on any atom is -0.444 e. The zero-order valence-electron chi connectivity index (χ0n) is 11.6. The van der Waals surface area contributed by atoms with Crippen molar-refractivity contribution in [2.45, 2.75) is 38.7 Å². The predicted octanol–water partition coefficient (Wildman–Crippen LogP) is 1.78. The third-order valence-electron chi connectivity index (χ3n) is 2.96. The predicted molar refractivity (Wildman–Crippen MR) is 71.6 cm³/mol. The molecule has 1 aromatic rings. The smallest absolute Gasteiger partial charge is 0.410 e. The second-order valence-electron chi connectivity index (χ2n) is 5.80. The van der Waals surface area contributed by atoms with Gasteiger partial charge in [0.05, 0.1) is 5.69 Å². The average molecular weight is 264 g/mol. The Balaban J connectivity index is 1.96. The van der Waals surface area contributed by atoms with Crippen LogP contribution >= 0.6 is 0 Å². The summed E-state index contributed by atoms with van der Waals surface area (Å²) in [5.41, 5.74) is 5.93. The Hall–Kier alpha value is -1.85. The van der Waals surface area contributed by atoms with E-state index in [4.69, 9.17) is 10.5 Å². The van der Waals surface area contributed by atoms with E-state index in [9.17, 15) is 4.79 Å². The van der Waals surface area contributed by atoms with Crippen LogP contribution in [0.25, 0.3) is 0 Å². The fraction of sp³-hybridized carbons (Fsp3) is 0.615. The number of likely N-dealkylation sites (tertiary alicyclic amines) is 1. The number of anilines is 1. The van der Waals surface area contributed by atoms with Gasteiger partial charge in [0.2, 0.25) is 0 Å². The summed E-state index contributed by atoms with van der Waals surface area (Å²) < 4.78 is 5.36. The Bertz CT molecular complexity index is 453. The van der Waals surface area contributed by atoms with Gasteiger partial charge in [0.1, 0.15) is 11.4 Å². The number of nitrogens with two attached hydrogens (primary N) is 1. The second-order valence-corrected chi connectivity index (χ2v) is 5.80. The maximum atomic E-state index is 11.9. The highest BCUT2D eigenvalue weighted by molar-refractivity contribution is 5.68. The van der Waals surface area contributed by atoms with E-state index in [2.05, 4.69) is 10.2 Å². The van der Waals surface area contributed by atoms with E-state index >= 15 is 0 Å². The van der Waals surface area contributed by atoms with Crippen LogP contribution in [0.3, 0.4) is 0 Å². The maximum Gasteiger partial charge on any atom is 0.410 e. The van der Waals surface area contributed by atoms with Gasteiger partial charge in [-0.3, -0.25) is 0 Å². The summed E-state index contributed by atoms with van der Waals surface area (Å²) in [6, 6.07) is 3.60. The first-order chi connectivity index (χ1) is 8.85. The number of rotatable bonds is 1. The maximum absolute atomic E-state index is 11.9. The fourth-order valence-electron chi connectivity index (χ4n) is 2.06. The molecule has 0 aromatic carbocycles. The van der Waals surface area contributed by atoms with E-state index in [1.807, 2.05) is 26.8 Å². The molecule has 0 aliphatic carbocycles. The molecule has 19 heavy (non-hydrogen) atoms. The number of aromatic nitrogens is 2. The Labute approximate surface area is 112 Å². The zero-order chi connectivity index (χ0) is 14.0. The third kappa shape index (κ3) is 3.56.